The van der Waals surface area contributed by atoms with E-state index in [0.29, 0.717) is 24.3 Å². The average Bonchev–Trinajstić information content (AvgIpc) is 2.78. The smallest absolute Gasteiger partial charge is 0.263 e. The van der Waals surface area contributed by atoms with E-state index in [-0.39, 0.29) is 4.90 Å². The minimum Gasteiger partial charge on any atom is -0.496 e. The monoisotopic (exact) mass is 317 g/mol. The Morgan fingerprint density at radius 2 is 2.05 bits per heavy atom. The van der Waals surface area contributed by atoms with Gasteiger partial charge in [0.25, 0.3) is 9.05 Å². The Morgan fingerprint density at radius 3 is 2.65 bits per heavy atom. The lowest BCUT2D eigenvalue weighted by Gasteiger charge is -2.06. The number of ether oxygens (including phenoxy) is 2. The predicted molar refractivity (Wildman–Crippen MR) is 78.0 cm³/mol. The second-order valence-corrected chi connectivity index (χ2v) is 6.86. The number of methoxy groups -OCH3 is 2. The maximum atomic E-state index is 11.7. The van der Waals surface area contributed by atoms with Crippen LogP contribution in [0, 0.1) is 0 Å². The zero-order valence-electron chi connectivity index (χ0n) is 11.3. The van der Waals surface area contributed by atoms with E-state index in [4.69, 9.17) is 20.2 Å². The Hall–Kier alpha value is -1.24. The minimum absolute atomic E-state index is 0.0732. The molecule has 0 N–H and O–H groups in total. The summed E-state index contributed by atoms with van der Waals surface area (Å²) in [6.07, 6.45) is 2.32. The zero-order chi connectivity index (χ0) is 14.8. The molecule has 0 saturated carbocycles. The highest BCUT2D eigenvalue weighted by atomic mass is 35.7. The highest BCUT2D eigenvalue weighted by molar-refractivity contribution is 8.14. The Bertz CT molecular complexity index is 708. The maximum absolute atomic E-state index is 11.7. The van der Waals surface area contributed by atoms with Gasteiger partial charge in [0.05, 0.1) is 18.0 Å². The number of rotatable bonds is 6. The number of hydrogen-bond acceptors (Lipinski definition) is 4. The largest absolute Gasteiger partial charge is 0.496 e. The molecule has 2 rings (SSSR count). The standard InChI is InChI=1S/C13H16ClNO4S/c1-18-8-4-7-15-9-12(20(14,16)17)13-10(15)5-3-6-11(13)19-2/h3,5-6,9H,4,7-8H2,1-2H3. The van der Waals surface area contributed by atoms with E-state index in [1.54, 1.807) is 19.4 Å². The molecule has 0 spiro atoms. The molecule has 0 amide bonds. The van der Waals surface area contributed by atoms with Gasteiger partial charge in [-0.05, 0) is 18.6 Å². The molecule has 0 atom stereocenters. The molecule has 0 aliphatic rings. The maximum Gasteiger partial charge on any atom is 0.263 e. The van der Waals surface area contributed by atoms with Crippen LogP contribution in [0.1, 0.15) is 6.42 Å². The highest BCUT2D eigenvalue weighted by Gasteiger charge is 2.21. The van der Waals surface area contributed by atoms with Crippen molar-refractivity contribution in [2.24, 2.45) is 0 Å². The molecule has 5 nitrogen and oxygen atoms in total. The SMILES string of the molecule is COCCCn1cc(S(=O)(=O)Cl)c2c(OC)cccc21. The van der Waals surface area contributed by atoms with Gasteiger partial charge in [-0.1, -0.05) is 6.07 Å². The molecule has 0 radical (unpaired) electrons. The third kappa shape index (κ3) is 2.92. The van der Waals surface area contributed by atoms with Crippen molar-refractivity contribution in [2.75, 3.05) is 20.8 Å². The van der Waals surface area contributed by atoms with Crippen LogP contribution >= 0.6 is 10.7 Å². The molecule has 0 saturated heterocycles. The van der Waals surface area contributed by atoms with Crippen LogP contribution in [0.5, 0.6) is 5.75 Å². The summed E-state index contributed by atoms with van der Waals surface area (Å²) >= 11 is 0. The molecule has 2 aromatic rings. The molecule has 1 aromatic heterocycles. The quantitative estimate of drug-likeness (QED) is 0.607. The van der Waals surface area contributed by atoms with Gasteiger partial charge in [0, 0.05) is 37.1 Å². The molecule has 110 valence electrons. The molecule has 7 heteroatoms. The van der Waals surface area contributed by atoms with E-state index in [2.05, 4.69) is 0 Å². The summed E-state index contributed by atoms with van der Waals surface area (Å²) < 4.78 is 35.6. The third-order valence-corrected chi connectivity index (χ3v) is 4.40. The first-order chi connectivity index (χ1) is 9.49. The number of halogens is 1. The normalized spacial score (nSPS) is 11.9. The van der Waals surface area contributed by atoms with E-state index in [9.17, 15) is 8.42 Å². The number of nitrogens with zero attached hydrogens (tertiary/aromatic N) is 1. The molecular weight excluding hydrogens is 302 g/mol. The van der Waals surface area contributed by atoms with E-state index in [0.717, 1.165) is 11.9 Å². The fourth-order valence-corrected chi connectivity index (χ4v) is 3.25. The number of benzene rings is 1. The molecule has 20 heavy (non-hydrogen) atoms. The van der Waals surface area contributed by atoms with E-state index < -0.39 is 9.05 Å². The van der Waals surface area contributed by atoms with Gasteiger partial charge in [-0.2, -0.15) is 0 Å². The second-order valence-electron chi connectivity index (χ2n) is 4.33. The molecule has 1 aromatic carbocycles. The number of hydrogen-bond donors (Lipinski definition) is 0. The van der Waals surface area contributed by atoms with E-state index >= 15 is 0 Å². The van der Waals surface area contributed by atoms with Gasteiger partial charge in [-0.3, -0.25) is 0 Å². The lowest BCUT2D eigenvalue weighted by molar-refractivity contribution is 0.190. The molecular formula is C13H16ClNO4S. The molecule has 0 aliphatic heterocycles. The summed E-state index contributed by atoms with van der Waals surface area (Å²) in [7, 11) is 4.82. The van der Waals surface area contributed by atoms with Crippen molar-refractivity contribution in [1.29, 1.82) is 0 Å². The van der Waals surface area contributed by atoms with Gasteiger partial charge in [0.1, 0.15) is 10.6 Å². The van der Waals surface area contributed by atoms with Crippen LogP contribution in [-0.2, 0) is 20.3 Å². The Labute approximate surface area is 122 Å². The zero-order valence-corrected chi connectivity index (χ0v) is 12.9. The lowest BCUT2D eigenvalue weighted by Crippen LogP contribution is -2.00. The summed E-state index contributed by atoms with van der Waals surface area (Å²) in [6, 6.07) is 5.38. The fraction of sp³-hybridized carbons (Fsp3) is 0.385. The fourth-order valence-electron chi connectivity index (χ4n) is 2.20. The Kier molecular flexibility index (Phi) is 4.57. The van der Waals surface area contributed by atoms with Gasteiger partial charge in [-0.15, -0.1) is 0 Å². The molecule has 1 heterocycles. The van der Waals surface area contributed by atoms with E-state index in [1.165, 1.54) is 7.11 Å². The minimum atomic E-state index is -3.83. The molecule has 0 fully saturated rings. The second kappa shape index (κ2) is 6.03. The summed E-state index contributed by atoms with van der Waals surface area (Å²) in [5.41, 5.74) is 0.777. The summed E-state index contributed by atoms with van der Waals surface area (Å²) in [5.74, 6) is 0.493. The Morgan fingerprint density at radius 1 is 1.30 bits per heavy atom. The van der Waals surface area contributed by atoms with Crippen molar-refractivity contribution in [3.63, 3.8) is 0 Å². The highest BCUT2D eigenvalue weighted by Crippen LogP contribution is 2.35. The van der Waals surface area contributed by atoms with Crippen LogP contribution in [0.4, 0.5) is 0 Å². The number of fused-ring (bicyclic) bond motifs is 1. The van der Waals surface area contributed by atoms with Crippen molar-refractivity contribution in [1.82, 2.24) is 4.57 Å². The Balaban J connectivity index is 2.61. The van der Waals surface area contributed by atoms with Gasteiger partial charge in [-0.25, -0.2) is 8.42 Å². The summed E-state index contributed by atoms with van der Waals surface area (Å²) in [6.45, 7) is 1.25. The topological polar surface area (TPSA) is 57.5 Å². The van der Waals surface area contributed by atoms with Gasteiger partial charge in [0.2, 0.25) is 0 Å². The molecule has 0 bridgehead atoms. The van der Waals surface area contributed by atoms with Crippen LogP contribution in [0.25, 0.3) is 10.9 Å². The van der Waals surface area contributed by atoms with Crippen molar-refractivity contribution in [3.05, 3.63) is 24.4 Å². The van der Waals surface area contributed by atoms with Crippen LogP contribution in [0.15, 0.2) is 29.3 Å². The van der Waals surface area contributed by atoms with Gasteiger partial charge >= 0.3 is 0 Å². The first-order valence-corrected chi connectivity index (χ1v) is 8.39. The van der Waals surface area contributed by atoms with Crippen molar-refractivity contribution >= 4 is 30.6 Å². The third-order valence-electron chi connectivity index (χ3n) is 3.06. The van der Waals surface area contributed by atoms with Crippen LogP contribution in [-0.4, -0.2) is 33.8 Å². The summed E-state index contributed by atoms with van der Waals surface area (Å²) in [4.78, 5) is 0.0732. The van der Waals surface area contributed by atoms with Crippen LogP contribution in [0.3, 0.4) is 0 Å². The van der Waals surface area contributed by atoms with Gasteiger partial charge < -0.3 is 14.0 Å². The van der Waals surface area contributed by atoms with Crippen molar-refractivity contribution < 1.29 is 17.9 Å². The average molecular weight is 318 g/mol. The first kappa shape index (κ1) is 15.2. The first-order valence-electron chi connectivity index (χ1n) is 6.08. The van der Waals surface area contributed by atoms with Crippen molar-refractivity contribution in [3.8, 4) is 5.75 Å². The van der Waals surface area contributed by atoms with Crippen LogP contribution in [0.2, 0.25) is 0 Å². The van der Waals surface area contributed by atoms with Gasteiger partial charge in [0.15, 0.2) is 0 Å². The van der Waals surface area contributed by atoms with E-state index in [1.807, 2.05) is 16.7 Å². The molecule has 0 aliphatic carbocycles. The predicted octanol–water partition coefficient (Wildman–Crippen LogP) is 2.61. The van der Waals surface area contributed by atoms with Crippen molar-refractivity contribution in [2.45, 2.75) is 17.9 Å². The number of aryl methyl sites for hydroxylation is 1. The van der Waals surface area contributed by atoms with Crippen LogP contribution < -0.4 is 4.74 Å². The number of aromatic nitrogens is 1. The lowest BCUT2D eigenvalue weighted by atomic mass is 10.2. The summed E-state index contributed by atoms with van der Waals surface area (Å²) in [5, 5.41) is 0.516. The molecule has 0 unspecified atom stereocenters.